The lowest BCUT2D eigenvalue weighted by molar-refractivity contribution is -0.165. The summed E-state index contributed by atoms with van der Waals surface area (Å²) in [7, 11) is 1.63. The fourth-order valence-electron chi connectivity index (χ4n) is 3.09. The van der Waals surface area contributed by atoms with Gasteiger partial charge in [-0.2, -0.15) is 0 Å². The molecule has 0 radical (unpaired) electrons. The Bertz CT molecular complexity index is 593. The van der Waals surface area contributed by atoms with Crippen LogP contribution in [0, 0.1) is 5.92 Å². The lowest BCUT2D eigenvalue weighted by atomic mass is 9.90. The topological polar surface area (TPSA) is 87.1 Å². The third-order valence-corrected chi connectivity index (χ3v) is 4.63. The normalized spacial score (nSPS) is 18.0. The molecule has 1 aliphatic rings. The molecule has 0 spiro atoms. The van der Waals surface area contributed by atoms with Crippen molar-refractivity contribution in [2.75, 3.05) is 20.2 Å². The highest BCUT2D eigenvalue weighted by Gasteiger charge is 2.40. The van der Waals surface area contributed by atoms with Gasteiger partial charge < -0.3 is 19.8 Å². The van der Waals surface area contributed by atoms with E-state index < -0.39 is 11.6 Å². The van der Waals surface area contributed by atoms with E-state index in [1.54, 1.807) is 12.0 Å². The van der Waals surface area contributed by atoms with Gasteiger partial charge in [-0.3, -0.25) is 4.79 Å². The Hall–Kier alpha value is -2.08. The largest absolute Gasteiger partial charge is 0.496 e. The van der Waals surface area contributed by atoms with Crippen molar-refractivity contribution in [1.29, 1.82) is 0 Å². The third-order valence-electron chi connectivity index (χ3n) is 4.63. The number of para-hydroxylation sites is 1. The molecule has 0 saturated carbocycles. The van der Waals surface area contributed by atoms with Gasteiger partial charge in [-0.15, -0.1) is 0 Å². The highest BCUT2D eigenvalue weighted by Crippen LogP contribution is 2.25. The summed E-state index contributed by atoms with van der Waals surface area (Å²) in [6.45, 7) is 2.58. The summed E-state index contributed by atoms with van der Waals surface area (Å²) in [5, 5.41) is 18.9. The Labute approximate surface area is 142 Å². The molecule has 24 heavy (non-hydrogen) atoms. The number of amides is 1. The number of aliphatic hydroxyl groups is 1. The van der Waals surface area contributed by atoms with Gasteiger partial charge in [0.15, 0.2) is 5.60 Å². The van der Waals surface area contributed by atoms with Crippen LogP contribution < -0.4 is 4.74 Å². The van der Waals surface area contributed by atoms with Crippen LogP contribution in [0.3, 0.4) is 0 Å². The molecule has 6 heteroatoms. The molecule has 1 unspecified atom stereocenters. The van der Waals surface area contributed by atoms with Crippen molar-refractivity contribution in [3.63, 3.8) is 0 Å². The lowest BCUT2D eigenvalue weighted by Crippen LogP contribution is -2.51. The van der Waals surface area contributed by atoms with Crippen LogP contribution in [-0.4, -0.2) is 52.8 Å². The number of hydrogen-bond acceptors (Lipinski definition) is 4. The maximum atomic E-state index is 12.4. The van der Waals surface area contributed by atoms with Gasteiger partial charge in [-0.25, -0.2) is 4.79 Å². The predicted octanol–water partition coefficient (Wildman–Crippen LogP) is 1.70. The number of carbonyl (C=O) groups is 2. The summed E-state index contributed by atoms with van der Waals surface area (Å²) < 4.78 is 5.33. The number of rotatable bonds is 6. The molecule has 0 aliphatic carbocycles. The zero-order chi connectivity index (χ0) is 17.7. The zero-order valence-corrected chi connectivity index (χ0v) is 14.2. The second-order valence-corrected chi connectivity index (χ2v) is 6.54. The second kappa shape index (κ2) is 7.66. The third kappa shape index (κ3) is 4.26. The van der Waals surface area contributed by atoms with Crippen molar-refractivity contribution < 1.29 is 24.5 Å². The summed E-state index contributed by atoms with van der Waals surface area (Å²) in [6, 6.07) is 7.76. The van der Waals surface area contributed by atoms with Crippen LogP contribution >= 0.6 is 0 Å². The number of ether oxygens (including phenoxy) is 1. The standard InChI is InChI=1S/C18H25NO5/c1-13(11-14-5-3-4-6-15(14)24-2)12-16(20)19-9-7-18(23,8-10-19)17(21)22/h3-6,13,23H,7-12H2,1-2H3,(H,21,22). The summed E-state index contributed by atoms with van der Waals surface area (Å²) in [5.41, 5.74) is -0.626. The number of nitrogens with zero attached hydrogens (tertiary/aromatic N) is 1. The van der Waals surface area contributed by atoms with Crippen LogP contribution in [0.1, 0.15) is 31.7 Å². The molecule has 0 bridgehead atoms. The minimum atomic E-state index is -1.69. The molecular formula is C18H25NO5. The molecule has 1 aliphatic heterocycles. The number of carboxylic acids is 1. The number of aliphatic carboxylic acids is 1. The van der Waals surface area contributed by atoms with E-state index in [9.17, 15) is 14.7 Å². The summed E-state index contributed by atoms with van der Waals surface area (Å²) >= 11 is 0. The molecule has 1 aromatic carbocycles. The van der Waals surface area contributed by atoms with E-state index in [0.29, 0.717) is 6.42 Å². The van der Waals surface area contributed by atoms with Crippen molar-refractivity contribution in [2.45, 2.75) is 38.2 Å². The Morgan fingerprint density at radius 3 is 2.50 bits per heavy atom. The number of carbonyl (C=O) groups excluding carboxylic acids is 1. The van der Waals surface area contributed by atoms with E-state index in [2.05, 4.69) is 0 Å². The maximum absolute atomic E-state index is 12.4. The molecule has 1 saturated heterocycles. The summed E-state index contributed by atoms with van der Waals surface area (Å²) in [4.78, 5) is 25.1. The van der Waals surface area contributed by atoms with Gasteiger partial charge in [0.25, 0.3) is 0 Å². The molecule has 1 amide bonds. The van der Waals surface area contributed by atoms with E-state index in [1.165, 1.54) is 0 Å². The van der Waals surface area contributed by atoms with Crippen LogP contribution in [0.4, 0.5) is 0 Å². The maximum Gasteiger partial charge on any atom is 0.335 e. The van der Waals surface area contributed by atoms with Gasteiger partial charge in [-0.05, 0) is 24.0 Å². The number of carboxylic acid groups (broad SMARTS) is 1. The van der Waals surface area contributed by atoms with Crippen LogP contribution in [-0.2, 0) is 16.0 Å². The van der Waals surface area contributed by atoms with Gasteiger partial charge in [0.1, 0.15) is 5.75 Å². The van der Waals surface area contributed by atoms with E-state index in [0.717, 1.165) is 17.7 Å². The van der Waals surface area contributed by atoms with Crippen LogP contribution in [0.15, 0.2) is 24.3 Å². The van der Waals surface area contributed by atoms with Gasteiger partial charge in [0.05, 0.1) is 7.11 Å². The van der Waals surface area contributed by atoms with Crippen LogP contribution in [0.25, 0.3) is 0 Å². The fraction of sp³-hybridized carbons (Fsp3) is 0.556. The Morgan fingerprint density at radius 2 is 1.92 bits per heavy atom. The molecule has 2 rings (SSSR count). The Kier molecular flexibility index (Phi) is 5.83. The van der Waals surface area contributed by atoms with Crippen molar-refractivity contribution >= 4 is 11.9 Å². The van der Waals surface area contributed by atoms with Crippen LogP contribution in [0.2, 0.25) is 0 Å². The second-order valence-electron chi connectivity index (χ2n) is 6.54. The Morgan fingerprint density at radius 1 is 1.29 bits per heavy atom. The molecule has 1 atom stereocenters. The quantitative estimate of drug-likeness (QED) is 0.826. The molecular weight excluding hydrogens is 310 g/mol. The first-order valence-electron chi connectivity index (χ1n) is 8.21. The van der Waals surface area contributed by atoms with E-state index in [-0.39, 0.29) is 37.8 Å². The average Bonchev–Trinajstić information content (AvgIpc) is 2.55. The van der Waals surface area contributed by atoms with Crippen molar-refractivity contribution in [2.24, 2.45) is 5.92 Å². The lowest BCUT2D eigenvalue weighted by Gasteiger charge is -2.35. The predicted molar refractivity (Wildman–Crippen MR) is 88.9 cm³/mol. The average molecular weight is 335 g/mol. The monoisotopic (exact) mass is 335 g/mol. The SMILES string of the molecule is COc1ccccc1CC(C)CC(=O)N1CCC(O)(C(=O)O)CC1. The molecule has 1 aromatic rings. The van der Waals surface area contributed by atoms with Gasteiger partial charge in [0, 0.05) is 32.4 Å². The fourth-order valence-corrected chi connectivity index (χ4v) is 3.09. The van der Waals surface area contributed by atoms with Gasteiger partial charge in [0.2, 0.25) is 5.91 Å². The smallest absolute Gasteiger partial charge is 0.335 e. The first-order chi connectivity index (χ1) is 11.4. The van der Waals surface area contributed by atoms with Crippen molar-refractivity contribution in [3.8, 4) is 5.75 Å². The minimum Gasteiger partial charge on any atom is -0.496 e. The zero-order valence-electron chi connectivity index (χ0n) is 14.2. The van der Waals surface area contributed by atoms with Crippen molar-refractivity contribution in [1.82, 2.24) is 4.90 Å². The first kappa shape index (κ1) is 18.3. The minimum absolute atomic E-state index is 0.00448. The first-order valence-corrected chi connectivity index (χ1v) is 8.21. The van der Waals surface area contributed by atoms with E-state index in [1.807, 2.05) is 31.2 Å². The van der Waals surface area contributed by atoms with E-state index >= 15 is 0 Å². The molecule has 1 fully saturated rings. The molecule has 1 heterocycles. The summed E-state index contributed by atoms with van der Waals surface area (Å²) in [5.74, 6) is -0.237. The number of hydrogen-bond donors (Lipinski definition) is 2. The van der Waals surface area contributed by atoms with Gasteiger partial charge >= 0.3 is 5.97 Å². The van der Waals surface area contributed by atoms with Crippen molar-refractivity contribution in [3.05, 3.63) is 29.8 Å². The molecule has 132 valence electrons. The number of methoxy groups -OCH3 is 1. The van der Waals surface area contributed by atoms with Crippen LogP contribution in [0.5, 0.6) is 5.75 Å². The summed E-state index contributed by atoms with van der Waals surface area (Å²) in [6.07, 6.45) is 1.29. The Balaban J connectivity index is 1.87. The van der Waals surface area contributed by atoms with E-state index in [4.69, 9.17) is 9.84 Å². The number of benzene rings is 1. The highest BCUT2D eigenvalue weighted by atomic mass is 16.5. The number of piperidine rings is 1. The molecule has 2 N–H and O–H groups in total. The van der Waals surface area contributed by atoms with Gasteiger partial charge in [-0.1, -0.05) is 25.1 Å². The molecule has 0 aromatic heterocycles. The number of likely N-dealkylation sites (tertiary alicyclic amines) is 1. The molecule has 6 nitrogen and oxygen atoms in total. The highest BCUT2D eigenvalue weighted by molar-refractivity contribution is 5.79.